The summed E-state index contributed by atoms with van der Waals surface area (Å²) in [6.45, 7) is 2.02. The molecule has 5 nitrogen and oxygen atoms in total. The lowest BCUT2D eigenvalue weighted by Gasteiger charge is -2.17. The second-order valence-electron chi connectivity index (χ2n) is 7.62. The van der Waals surface area contributed by atoms with E-state index in [1.165, 1.54) is 12.1 Å². The highest BCUT2D eigenvalue weighted by molar-refractivity contribution is 6.02. The molecule has 3 aromatic rings. The first-order valence-corrected chi connectivity index (χ1v) is 9.58. The highest BCUT2D eigenvalue weighted by Gasteiger charge is 2.51. The van der Waals surface area contributed by atoms with Gasteiger partial charge in [0.1, 0.15) is 0 Å². The zero-order valence-electron chi connectivity index (χ0n) is 16.1. The molecule has 1 fully saturated rings. The van der Waals surface area contributed by atoms with Crippen LogP contribution < -0.4 is 5.32 Å². The van der Waals surface area contributed by atoms with Gasteiger partial charge in [0, 0.05) is 5.69 Å². The quantitative estimate of drug-likeness (QED) is 0.492. The van der Waals surface area contributed by atoms with Gasteiger partial charge in [-0.15, -0.1) is 0 Å². The molecule has 29 heavy (non-hydrogen) atoms. The SMILES string of the molecule is Cc1ccc(NC(=O)C2(c3ccc(O)c(O)c3)CC2)cc1-c1ccc(CO)cc1. The minimum Gasteiger partial charge on any atom is -0.504 e. The van der Waals surface area contributed by atoms with Gasteiger partial charge in [-0.2, -0.15) is 0 Å². The molecule has 0 aromatic heterocycles. The van der Waals surface area contributed by atoms with Gasteiger partial charge in [-0.3, -0.25) is 4.79 Å². The summed E-state index contributed by atoms with van der Waals surface area (Å²) in [7, 11) is 0. The number of aliphatic hydroxyl groups excluding tert-OH is 1. The third-order valence-corrected chi connectivity index (χ3v) is 5.66. The van der Waals surface area contributed by atoms with E-state index in [2.05, 4.69) is 5.32 Å². The fourth-order valence-electron chi connectivity index (χ4n) is 3.64. The molecule has 1 aliphatic carbocycles. The summed E-state index contributed by atoms with van der Waals surface area (Å²) in [5.74, 6) is -0.529. The average Bonchev–Trinajstić information content (AvgIpc) is 3.54. The molecule has 0 radical (unpaired) electrons. The number of rotatable bonds is 5. The molecule has 148 valence electrons. The van der Waals surface area contributed by atoms with Crippen LogP contribution in [0.2, 0.25) is 0 Å². The lowest BCUT2D eigenvalue weighted by atomic mass is 9.94. The maximum absolute atomic E-state index is 13.0. The summed E-state index contributed by atoms with van der Waals surface area (Å²) in [6.07, 6.45) is 1.40. The van der Waals surface area contributed by atoms with Crippen LogP contribution >= 0.6 is 0 Å². The maximum atomic E-state index is 13.0. The number of carbonyl (C=O) groups excluding carboxylic acids is 1. The number of hydrogen-bond acceptors (Lipinski definition) is 4. The van der Waals surface area contributed by atoms with Gasteiger partial charge in [0.15, 0.2) is 11.5 Å². The largest absolute Gasteiger partial charge is 0.504 e. The smallest absolute Gasteiger partial charge is 0.235 e. The van der Waals surface area contributed by atoms with Gasteiger partial charge >= 0.3 is 0 Å². The molecule has 1 aliphatic rings. The molecule has 1 saturated carbocycles. The zero-order chi connectivity index (χ0) is 20.6. The highest BCUT2D eigenvalue weighted by Crippen LogP contribution is 2.50. The van der Waals surface area contributed by atoms with E-state index in [1.54, 1.807) is 6.07 Å². The fourth-order valence-corrected chi connectivity index (χ4v) is 3.64. The van der Waals surface area contributed by atoms with E-state index in [-0.39, 0.29) is 24.0 Å². The lowest BCUT2D eigenvalue weighted by Crippen LogP contribution is -2.27. The van der Waals surface area contributed by atoms with Crippen molar-refractivity contribution in [3.05, 3.63) is 77.4 Å². The molecule has 0 bridgehead atoms. The number of aromatic hydroxyl groups is 2. The standard InChI is InChI=1S/C24H23NO4/c1-15-2-8-19(13-20(15)17-5-3-16(14-26)4-6-17)25-23(29)24(10-11-24)18-7-9-21(27)22(28)12-18/h2-9,12-13,26-28H,10-11,14H2,1H3,(H,25,29). The second-order valence-corrected chi connectivity index (χ2v) is 7.62. The molecule has 0 aliphatic heterocycles. The molecule has 3 aromatic carbocycles. The van der Waals surface area contributed by atoms with Crippen molar-refractivity contribution in [2.75, 3.05) is 5.32 Å². The van der Waals surface area contributed by atoms with Crippen LogP contribution in [0.4, 0.5) is 5.69 Å². The summed E-state index contributed by atoms with van der Waals surface area (Å²) in [5, 5.41) is 31.6. The number of phenolic OH excluding ortho intramolecular Hbond substituents is 2. The molecule has 0 heterocycles. The first kappa shape index (κ1) is 19.0. The molecule has 0 unspecified atom stereocenters. The monoisotopic (exact) mass is 389 g/mol. The zero-order valence-corrected chi connectivity index (χ0v) is 16.1. The van der Waals surface area contributed by atoms with Gasteiger partial charge in [-0.25, -0.2) is 0 Å². The van der Waals surface area contributed by atoms with E-state index in [4.69, 9.17) is 0 Å². The van der Waals surface area contributed by atoms with Crippen molar-refractivity contribution < 1.29 is 20.1 Å². The second kappa shape index (κ2) is 7.26. The summed E-state index contributed by atoms with van der Waals surface area (Å²) < 4.78 is 0. The normalized spacial score (nSPS) is 14.4. The molecule has 0 saturated heterocycles. The average molecular weight is 389 g/mol. The van der Waals surface area contributed by atoms with Crippen LogP contribution in [-0.2, 0) is 16.8 Å². The van der Waals surface area contributed by atoms with Gasteiger partial charge in [0.25, 0.3) is 0 Å². The number of carbonyl (C=O) groups is 1. The number of anilines is 1. The van der Waals surface area contributed by atoms with Gasteiger partial charge in [0.05, 0.1) is 12.0 Å². The molecule has 5 heteroatoms. The van der Waals surface area contributed by atoms with E-state index < -0.39 is 5.41 Å². The van der Waals surface area contributed by atoms with Crippen LogP contribution in [0, 0.1) is 6.92 Å². The number of amides is 1. The number of phenols is 2. The molecule has 4 rings (SSSR count). The summed E-state index contributed by atoms with van der Waals surface area (Å²) >= 11 is 0. The Hall–Kier alpha value is -3.31. The topological polar surface area (TPSA) is 89.8 Å². The van der Waals surface area contributed by atoms with Crippen LogP contribution in [0.3, 0.4) is 0 Å². The summed E-state index contributed by atoms with van der Waals surface area (Å²) in [5.41, 5.74) is 4.71. The first-order valence-electron chi connectivity index (χ1n) is 9.58. The molecular weight excluding hydrogens is 366 g/mol. The van der Waals surface area contributed by atoms with Crippen molar-refractivity contribution in [2.24, 2.45) is 0 Å². The highest BCUT2D eigenvalue weighted by atomic mass is 16.3. The molecular formula is C24H23NO4. The minimum absolute atomic E-state index is 0.00422. The Morgan fingerprint density at radius 1 is 0.966 bits per heavy atom. The van der Waals surface area contributed by atoms with E-state index in [9.17, 15) is 20.1 Å². The lowest BCUT2D eigenvalue weighted by molar-refractivity contribution is -0.118. The number of aliphatic hydroxyl groups is 1. The number of hydrogen-bond donors (Lipinski definition) is 4. The number of aryl methyl sites for hydroxylation is 1. The Morgan fingerprint density at radius 3 is 2.31 bits per heavy atom. The third kappa shape index (κ3) is 3.57. The van der Waals surface area contributed by atoms with Crippen LogP contribution in [0.5, 0.6) is 11.5 Å². The molecule has 4 N–H and O–H groups in total. The van der Waals surface area contributed by atoms with Crippen LogP contribution in [0.1, 0.15) is 29.5 Å². The fraction of sp³-hybridized carbons (Fsp3) is 0.208. The predicted molar refractivity (Wildman–Crippen MR) is 112 cm³/mol. The van der Waals surface area contributed by atoms with Crippen molar-refractivity contribution in [3.8, 4) is 22.6 Å². The Bertz CT molecular complexity index is 1070. The number of nitrogens with one attached hydrogen (secondary N) is 1. The molecule has 0 atom stereocenters. The van der Waals surface area contributed by atoms with Gasteiger partial charge in [-0.05, 0) is 71.8 Å². The predicted octanol–water partition coefficient (Wildman–Crippen LogP) is 4.24. The van der Waals surface area contributed by atoms with E-state index in [0.717, 1.165) is 22.3 Å². The van der Waals surface area contributed by atoms with Gasteiger partial charge in [0.2, 0.25) is 5.91 Å². The Kier molecular flexibility index (Phi) is 4.76. The van der Waals surface area contributed by atoms with Gasteiger partial charge in [-0.1, -0.05) is 36.4 Å². The van der Waals surface area contributed by atoms with E-state index in [1.807, 2.05) is 49.4 Å². The maximum Gasteiger partial charge on any atom is 0.235 e. The van der Waals surface area contributed by atoms with Crippen LogP contribution in [0.25, 0.3) is 11.1 Å². The van der Waals surface area contributed by atoms with E-state index in [0.29, 0.717) is 24.1 Å². The Morgan fingerprint density at radius 2 is 1.69 bits per heavy atom. The van der Waals surface area contributed by atoms with Gasteiger partial charge < -0.3 is 20.6 Å². The minimum atomic E-state index is -0.668. The van der Waals surface area contributed by atoms with Crippen LogP contribution in [0.15, 0.2) is 60.7 Å². The van der Waals surface area contributed by atoms with E-state index >= 15 is 0 Å². The van der Waals surface area contributed by atoms with Crippen molar-refractivity contribution in [3.63, 3.8) is 0 Å². The first-order chi connectivity index (χ1) is 13.9. The summed E-state index contributed by atoms with van der Waals surface area (Å²) in [4.78, 5) is 13.0. The third-order valence-electron chi connectivity index (χ3n) is 5.66. The molecule has 1 amide bonds. The van der Waals surface area contributed by atoms with Crippen molar-refractivity contribution >= 4 is 11.6 Å². The van der Waals surface area contributed by atoms with Crippen molar-refractivity contribution in [1.82, 2.24) is 0 Å². The number of benzene rings is 3. The van der Waals surface area contributed by atoms with Crippen molar-refractivity contribution in [2.45, 2.75) is 31.8 Å². The Balaban J connectivity index is 1.59. The van der Waals surface area contributed by atoms with Crippen molar-refractivity contribution in [1.29, 1.82) is 0 Å². The molecule has 0 spiro atoms. The summed E-state index contributed by atoms with van der Waals surface area (Å²) in [6, 6.07) is 18.1. The Labute approximate surface area is 169 Å². The van der Waals surface area contributed by atoms with Crippen LogP contribution in [-0.4, -0.2) is 21.2 Å².